The largest absolute Gasteiger partial charge is 0.456 e. The molecule has 0 aliphatic rings. The van der Waals surface area contributed by atoms with Crippen LogP contribution >= 0.6 is 11.3 Å². The molecule has 8 aromatic carbocycles. The molecule has 272 valence electrons. The highest BCUT2D eigenvalue weighted by molar-refractivity contribution is 7.25. The lowest BCUT2D eigenvalue weighted by Gasteiger charge is -2.14. The molecule has 0 aliphatic heterocycles. The SMILES string of the molecule is c1ccc(-c2cc(-c3ccccc3)cc(-n3c4ccccc4c4c(Oc5cccc6c5c5ccccc5n6-c5ccc6sc7cccnc7c6c5)cccc43)c2)cc1. The second-order valence-electron chi connectivity index (χ2n) is 14.7. The second-order valence-corrected chi connectivity index (χ2v) is 15.8. The predicted molar refractivity (Wildman–Crippen MR) is 243 cm³/mol. The molecular weight excluding hydrogens is 727 g/mol. The highest BCUT2D eigenvalue weighted by atomic mass is 32.1. The third-order valence-electron chi connectivity index (χ3n) is 11.4. The molecule has 0 bridgehead atoms. The van der Waals surface area contributed by atoms with Gasteiger partial charge < -0.3 is 13.9 Å². The van der Waals surface area contributed by atoms with Crippen LogP contribution in [0.25, 0.3) is 97.5 Å². The maximum absolute atomic E-state index is 7.19. The van der Waals surface area contributed by atoms with E-state index in [1.165, 1.54) is 37.0 Å². The zero-order valence-electron chi connectivity index (χ0n) is 31.2. The van der Waals surface area contributed by atoms with E-state index in [2.05, 4.69) is 197 Å². The third kappa shape index (κ3) is 5.11. The van der Waals surface area contributed by atoms with E-state index in [0.29, 0.717) is 0 Å². The van der Waals surface area contributed by atoms with Crippen molar-refractivity contribution in [2.45, 2.75) is 0 Å². The average Bonchev–Trinajstić information content (AvgIpc) is 3.95. The van der Waals surface area contributed by atoms with Crippen LogP contribution in [0.15, 0.2) is 200 Å². The molecule has 0 N–H and O–H groups in total. The van der Waals surface area contributed by atoms with Gasteiger partial charge in [0.2, 0.25) is 0 Å². The Morgan fingerprint density at radius 1 is 0.379 bits per heavy atom. The van der Waals surface area contributed by atoms with E-state index in [-0.39, 0.29) is 0 Å². The first-order chi connectivity index (χ1) is 28.8. The van der Waals surface area contributed by atoms with Crippen LogP contribution in [0.3, 0.4) is 0 Å². The third-order valence-corrected chi connectivity index (χ3v) is 12.5. The summed E-state index contributed by atoms with van der Waals surface area (Å²) in [6, 6.07) is 69.3. The van der Waals surface area contributed by atoms with Crippen LogP contribution < -0.4 is 4.74 Å². The second kappa shape index (κ2) is 13.1. The number of aromatic nitrogens is 3. The molecule has 4 nitrogen and oxygen atoms in total. The molecular formula is C53H33N3OS. The molecule has 0 saturated heterocycles. The van der Waals surface area contributed by atoms with Gasteiger partial charge in [0.15, 0.2) is 0 Å². The molecule has 0 radical (unpaired) electrons. The molecule has 0 spiro atoms. The van der Waals surface area contributed by atoms with Gasteiger partial charge in [-0.25, -0.2) is 0 Å². The van der Waals surface area contributed by atoms with Crippen LogP contribution in [-0.4, -0.2) is 14.1 Å². The van der Waals surface area contributed by atoms with E-state index in [1.807, 2.05) is 12.3 Å². The maximum atomic E-state index is 7.19. The van der Waals surface area contributed by atoms with Crippen molar-refractivity contribution in [3.05, 3.63) is 200 Å². The Hall–Kier alpha value is -7.47. The first-order valence-electron chi connectivity index (χ1n) is 19.5. The molecule has 12 rings (SSSR count). The monoisotopic (exact) mass is 759 g/mol. The van der Waals surface area contributed by atoms with Gasteiger partial charge in [-0.3, -0.25) is 4.98 Å². The standard InChI is InChI=1S/C53H33N3OS/c1-3-14-34(15-4-1)36-30-37(35-16-5-2-6-17-35)32-39(31-36)56-44-21-10-8-19-41(44)52-46(56)23-12-25-48(52)57-47-24-11-22-45-51(47)40-18-7-9-20-43(40)55(45)38-27-28-49-42(33-38)53-50(58-49)26-13-29-54-53/h1-33H. The highest BCUT2D eigenvalue weighted by Crippen LogP contribution is 2.45. The van der Waals surface area contributed by atoms with Crippen molar-refractivity contribution in [1.29, 1.82) is 0 Å². The lowest BCUT2D eigenvalue weighted by molar-refractivity contribution is 0.495. The van der Waals surface area contributed by atoms with Crippen molar-refractivity contribution in [3.8, 4) is 45.1 Å². The molecule has 5 heteroatoms. The molecule has 0 aliphatic carbocycles. The Balaban J connectivity index is 1.05. The molecule has 0 amide bonds. The Kier molecular flexibility index (Phi) is 7.37. The van der Waals surface area contributed by atoms with E-state index in [9.17, 15) is 0 Å². The summed E-state index contributed by atoms with van der Waals surface area (Å²) in [5.74, 6) is 1.63. The normalized spacial score (nSPS) is 11.8. The lowest BCUT2D eigenvalue weighted by Crippen LogP contribution is -1.96. The summed E-state index contributed by atoms with van der Waals surface area (Å²) in [7, 11) is 0. The smallest absolute Gasteiger partial charge is 0.137 e. The number of hydrogen-bond acceptors (Lipinski definition) is 3. The van der Waals surface area contributed by atoms with Crippen molar-refractivity contribution >= 4 is 75.3 Å². The topological polar surface area (TPSA) is 32.0 Å². The molecule has 0 fully saturated rings. The number of fused-ring (bicyclic) bond motifs is 9. The number of pyridine rings is 1. The highest BCUT2D eigenvalue weighted by Gasteiger charge is 2.21. The maximum Gasteiger partial charge on any atom is 0.137 e. The Morgan fingerprint density at radius 2 is 0.931 bits per heavy atom. The summed E-state index contributed by atoms with van der Waals surface area (Å²) >= 11 is 1.79. The number of para-hydroxylation sites is 2. The fourth-order valence-electron chi connectivity index (χ4n) is 8.88. The molecule has 58 heavy (non-hydrogen) atoms. The van der Waals surface area contributed by atoms with Gasteiger partial charge in [-0.05, 0) is 107 Å². The summed E-state index contributed by atoms with van der Waals surface area (Å²) in [6.45, 7) is 0. The lowest BCUT2D eigenvalue weighted by atomic mass is 9.98. The Labute approximate surface area is 338 Å². The van der Waals surface area contributed by atoms with Crippen LogP contribution in [0.5, 0.6) is 11.5 Å². The fraction of sp³-hybridized carbons (Fsp3) is 0. The van der Waals surface area contributed by atoms with Gasteiger partial charge in [0.1, 0.15) is 11.5 Å². The number of thiophene rings is 1. The van der Waals surface area contributed by atoms with E-state index < -0.39 is 0 Å². The van der Waals surface area contributed by atoms with Crippen LogP contribution in [0.4, 0.5) is 0 Å². The van der Waals surface area contributed by atoms with E-state index in [0.717, 1.165) is 72.0 Å². The van der Waals surface area contributed by atoms with E-state index >= 15 is 0 Å². The van der Waals surface area contributed by atoms with Crippen molar-refractivity contribution in [1.82, 2.24) is 14.1 Å². The van der Waals surface area contributed by atoms with Gasteiger partial charge in [-0.2, -0.15) is 0 Å². The quantitative estimate of drug-likeness (QED) is 0.169. The van der Waals surface area contributed by atoms with Crippen LogP contribution in [-0.2, 0) is 0 Å². The minimum atomic E-state index is 0.816. The summed E-state index contributed by atoms with van der Waals surface area (Å²) in [5.41, 5.74) is 12.4. The summed E-state index contributed by atoms with van der Waals surface area (Å²) in [5, 5.41) is 5.61. The van der Waals surface area contributed by atoms with Crippen molar-refractivity contribution in [3.63, 3.8) is 0 Å². The number of benzene rings is 8. The average molecular weight is 760 g/mol. The summed E-state index contributed by atoms with van der Waals surface area (Å²) < 4.78 is 14.4. The number of hydrogen-bond donors (Lipinski definition) is 0. The van der Waals surface area contributed by atoms with Crippen molar-refractivity contribution < 1.29 is 4.74 Å². The summed E-state index contributed by atoms with van der Waals surface area (Å²) in [4.78, 5) is 4.76. The zero-order chi connectivity index (χ0) is 38.2. The fourth-order valence-corrected chi connectivity index (χ4v) is 9.92. The van der Waals surface area contributed by atoms with Gasteiger partial charge in [0, 0.05) is 38.4 Å². The Bertz CT molecular complexity index is 3480. The first kappa shape index (κ1) is 32.7. The van der Waals surface area contributed by atoms with Crippen LogP contribution in [0.2, 0.25) is 0 Å². The Morgan fingerprint density at radius 3 is 1.55 bits per heavy atom. The van der Waals surface area contributed by atoms with Gasteiger partial charge >= 0.3 is 0 Å². The predicted octanol–water partition coefficient (Wildman–Crippen LogP) is 14.8. The molecule has 12 aromatic rings. The van der Waals surface area contributed by atoms with Gasteiger partial charge in [-0.1, -0.05) is 109 Å². The van der Waals surface area contributed by atoms with Crippen LogP contribution in [0.1, 0.15) is 0 Å². The van der Waals surface area contributed by atoms with E-state index in [4.69, 9.17) is 9.72 Å². The minimum absolute atomic E-state index is 0.816. The summed E-state index contributed by atoms with van der Waals surface area (Å²) in [6.07, 6.45) is 1.88. The van der Waals surface area contributed by atoms with Crippen LogP contribution in [0, 0.1) is 0 Å². The minimum Gasteiger partial charge on any atom is -0.456 e. The van der Waals surface area contributed by atoms with E-state index in [1.54, 1.807) is 11.3 Å². The molecule has 4 heterocycles. The molecule has 4 aromatic heterocycles. The zero-order valence-corrected chi connectivity index (χ0v) is 32.0. The van der Waals surface area contributed by atoms with Gasteiger partial charge in [0.25, 0.3) is 0 Å². The number of rotatable bonds is 6. The molecule has 0 saturated carbocycles. The van der Waals surface area contributed by atoms with Crippen molar-refractivity contribution in [2.24, 2.45) is 0 Å². The van der Waals surface area contributed by atoms with Crippen molar-refractivity contribution in [2.75, 3.05) is 0 Å². The first-order valence-corrected chi connectivity index (χ1v) is 20.3. The molecule has 0 unspecified atom stereocenters. The van der Waals surface area contributed by atoms with Gasteiger partial charge in [0.05, 0.1) is 43.1 Å². The number of ether oxygens (including phenoxy) is 1. The van der Waals surface area contributed by atoms with Gasteiger partial charge in [-0.15, -0.1) is 11.3 Å². The molecule has 0 atom stereocenters. The number of nitrogens with zero attached hydrogens (tertiary/aromatic N) is 3.